The predicted molar refractivity (Wildman–Crippen MR) is 70.8 cm³/mol. The fourth-order valence-electron chi connectivity index (χ4n) is 2.02. The highest BCUT2D eigenvalue weighted by Crippen LogP contribution is 2.20. The standard InChI is InChI=1S/C15H12N2O/c1-11-7-15-16-14(12-5-3-2-4-6-12)9-17(15)8-13(11)10-18/h2-10H,1H3. The van der Waals surface area contributed by atoms with Crippen LogP contribution in [0.1, 0.15) is 15.9 Å². The van der Waals surface area contributed by atoms with Crippen molar-refractivity contribution >= 4 is 11.9 Å². The second-order valence-corrected chi connectivity index (χ2v) is 4.29. The minimum atomic E-state index is 0.694. The van der Waals surface area contributed by atoms with Gasteiger partial charge in [0.05, 0.1) is 5.69 Å². The van der Waals surface area contributed by atoms with Gasteiger partial charge >= 0.3 is 0 Å². The summed E-state index contributed by atoms with van der Waals surface area (Å²) in [4.78, 5) is 15.5. The molecule has 0 aliphatic heterocycles. The summed E-state index contributed by atoms with van der Waals surface area (Å²) in [6.45, 7) is 1.92. The van der Waals surface area contributed by atoms with Crippen LogP contribution in [0.4, 0.5) is 0 Å². The highest BCUT2D eigenvalue weighted by molar-refractivity contribution is 5.78. The first kappa shape index (κ1) is 10.7. The maximum absolute atomic E-state index is 10.9. The van der Waals surface area contributed by atoms with E-state index in [9.17, 15) is 4.79 Å². The zero-order valence-electron chi connectivity index (χ0n) is 10.00. The molecule has 3 rings (SSSR count). The fourth-order valence-corrected chi connectivity index (χ4v) is 2.02. The van der Waals surface area contributed by atoms with Crippen molar-refractivity contribution < 1.29 is 4.79 Å². The molecule has 0 amide bonds. The van der Waals surface area contributed by atoms with E-state index in [1.165, 1.54) is 0 Å². The van der Waals surface area contributed by atoms with E-state index in [0.29, 0.717) is 5.56 Å². The molecule has 18 heavy (non-hydrogen) atoms. The van der Waals surface area contributed by atoms with E-state index < -0.39 is 0 Å². The molecule has 0 unspecified atom stereocenters. The van der Waals surface area contributed by atoms with Gasteiger partial charge in [-0.05, 0) is 18.6 Å². The summed E-state index contributed by atoms with van der Waals surface area (Å²) in [5, 5.41) is 0. The SMILES string of the molecule is Cc1cc2nc(-c3ccccc3)cn2cc1C=O. The van der Waals surface area contributed by atoms with Gasteiger partial charge in [0.25, 0.3) is 0 Å². The molecule has 88 valence electrons. The van der Waals surface area contributed by atoms with Crippen molar-refractivity contribution in [3.63, 3.8) is 0 Å². The lowest BCUT2D eigenvalue weighted by atomic mass is 10.2. The number of aryl methyl sites for hydroxylation is 1. The van der Waals surface area contributed by atoms with Crippen LogP contribution in [-0.2, 0) is 0 Å². The number of hydrogen-bond acceptors (Lipinski definition) is 2. The molecule has 1 aromatic carbocycles. The van der Waals surface area contributed by atoms with Crippen LogP contribution < -0.4 is 0 Å². The molecule has 2 heterocycles. The van der Waals surface area contributed by atoms with E-state index in [1.807, 2.05) is 60.1 Å². The van der Waals surface area contributed by atoms with Gasteiger partial charge in [0, 0.05) is 23.5 Å². The molecule has 0 saturated carbocycles. The molecule has 0 N–H and O–H groups in total. The molecule has 0 radical (unpaired) electrons. The zero-order valence-corrected chi connectivity index (χ0v) is 10.00. The van der Waals surface area contributed by atoms with Gasteiger partial charge in [-0.1, -0.05) is 30.3 Å². The summed E-state index contributed by atoms with van der Waals surface area (Å²) in [7, 11) is 0. The second-order valence-electron chi connectivity index (χ2n) is 4.29. The number of imidazole rings is 1. The van der Waals surface area contributed by atoms with Crippen molar-refractivity contribution in [1.82, 2.24) is 9.38 Å². The third-order valence-corrected chi connectivity index (χ3v) is 3.04. The average Bonchev–Trinajstić information content (AvgIpc) is 2.81. The highest BCUT2D eigenvalue weighted by atomic mass is 16.1. The van der Waals surface area contributed by atoms with Gasteiger partial charge in [0.2, 0.25) is 0 Å². The summed E-state index contributed by atoms with van der Waals surface area (Å²) in [5.41, 5.74) is 4.49. The van der Waals surface area contributed by atoms with Gasteiger partial charge in [0.1, 0.15) is 5.65 Å². The molecule has 0 saturated heterocycles. The number of nitrogens with zero attached hydrogens (tertiary/aromatic N) is 2. The Hall–Kier alpha value is -2.42. The van der Waals surface area contributed by atoms with Crippen LogP contribution in [0.15, 0.2) is 48.8 Å². The summed E-state index contributed by atoms with van der Waals surface area (Å²) in [5.74, 6) is 0. The number of fused-ring (bicyclic) bond motifs is 1. The topological polar surface area (TPSA) is 34.4 Å². The number of benzene rings is 1. The van der Waals surface area contributed by atoms with Gasteiger partial charge in [-0.25, -0.2) is 4.98 Å². The zero-order chi connectivity index (χ0) is 12.5. The molecule has 0 fully saturated rings. The van der Waals surface area contributed by atoms with Crippen molar-refractivity contribution in [2.24, 2.45) is 0 Å². The molecule has 3 nitrogen and oxygen atoms in total. The number of carbonyl (C=O) groups excluding carboxylic acids is 1. The van der Waals surface area contributed by atoms with E-state index in [4.69, 9.17) is 0 Å². The van der Waals surface area contributed by atoms with E-state index >= 15 is 0 Å². The molecular formula is C15H12N2O. The summed E-state index contributed by atoms with van der Waals surface area (Å²) < 4.78 is 1.89. The number of aldehydes is 1. The molecule has 2 aromatic heterocycles. The monoisotopic (exact) mass is 236 g/mol. The van der Waals surface area contributed by atoms with Crippen molar-refractivity contribution in [3.8, 4) is 11.3 Å². The molecule has 0 bridgehead atoms. The van der Waals surface area contributed by atoms with Crippen molar-refractivity contribution in [2.75, 3.05) is 0 Å². The maximum Gasteiger partial charge on any atom is 0.151 e. The average molecular weight is 236 g/mol. The molecule has 3 aromatic rings. The Labute approximate surface area is 105 Å². The first-order valence-electron chi connectivity index (χ1n) is 5.78. The molecule has 0 aliphatic carbocycles. The maximum atomic E-state index is 10.9. The van der Waals surface area contributed by atoms with Crippen LogP contribution in [0.2, 0.25) is 0 Å². The third kappa shape index (κ3) is 1.70. The van der Waals surface area contributed by atoms with Crippen LogP contribution in [0.5, 0.6) is 0 Å². The molecule has 0 spiro atoms. The number of rotatable bonds is 2. The molecule has 0 aliphatic rings. The number of pyridine rings is 1. The minimum absolute atomic E-state index is 0.694. The summed E-state index contributed by atoms with van der Waals surface area (Å²) in [6.07, 6.45) is 4.63. The van der Waals surface area contributed by atoms with Gasteiger partial charge in [0.15, 0.2) is 6.29 Å². The van der Waals surface area contributed by atoms with Crippen molar-refractivity contribution in [2.45, 2.75) is 6.92 Å². The Morgan fingerprint density at radius 1 is 1.17 bits per heavy atom. The van der Waals surface area contributed by atoms with E-state index in [2.05, 4.69) is 4.98 Å². The number of carbonyl (C=O) groups is 1. The lowest BCUT2D eigenvalue weighted by molar-refractivity contribution is 0.112. The smallest absolute Gasteiger partial charge is 0.151 e. The minimum Gasteiger partial charge on any atom is -0.306 e. The number of hydrogen-bond donors (Lipinski definition) is 0. The van der Waals surface area contributed by atoms with Gasteiger partial charge in [-0.3, -0.25) is 4.79 Å². The Kier molecular flexibility index (Phi) is 2.45. The van der Waals surface area contributed by atoms with Gasteiger partial charge in [-0.2, -0.15) is 0 Å². The van der Waals surface area contributed by atoms with Crippen molar-refractivity contribution in [1.29, 1.82) is 0 Å². The Morgan fingerprint density at radius 2 is 1.94 bits per heavy atom. The molecular weight excluding hydrogens is 224 g/mol. The Bertz CT molecular complexity index is 714. The third-order valence-electron chi connectivity index (χ3n) is 3.04. The molecule has 3 heteroatoms. The van der Waals surface area contributed by atoms with Crippen LogP contribution in [0, 0.1) is 6.92 Å². The largest absolute Gasteiger partial charge is 0.306 e. The van der Waals surface area contributed by atoms with E-state index in [-0.39, 0.29) is 0 Å². The van der Waals surface area contributed by atoms with Gasteiger partial charge < -0.3 is 4.40 Å². The van der Waals surface area contributed by atoms with Crippen LogP contribution >= 0.6 is 0 Å². The predicted octanol–water partition coefficient (Wildman–Crippen LogP) is 3.12. The first-order valence-corrected chi connectivity index (χ1v) is 5.78. The highest BCUT2D eigenvalue weighted by Gasteiger charge is 2.06. The summed E-state index contributed by atoms with van der Waals surface area (Å²) in [6, 6.07) is 11.9. The normalized spacial score (nSPS) is 10.7. The quantitative estimate of drug-likeness (QED) is 0.641. The van der Waals surface area contributed by atoms with E-state index in [1.54, 1.807) is 0 Å². The van der Waals surface area contributed by atoms with Gasteiger partial charge in [-0.15, -0.1) is 0 Å². The van der Waals surface area contributed by atoms with Crippen molar-refractivity contribution in [3.05, 3.63) is 59.9 Å². The lowest BCUT2D eigenvalue weighted by Crippen LogP contribution is -1.91. The Morgan fingerprint density at radius 3 is 2.67 bits per heavy atom. The van der Waals surface area contributed by atoms with E-state index in [0.717, 1.165) is 28.8 Å². The lowest BCUT2D eigenvalue weighted by Gasteiger charge is -1.98. The second kappa shape index (κ2) is 4.11. The number of aromatic nitrogens is 2. The Balaban J connectivity index is 2.20. The van der Waals surface area contributed by atoms with Crippen LogP contribution in [-0.4, -0.2) is 15.7 Å². The van der Waals surface area contributed by atoms with Crippen LogP contribution in [0.25, 0.3) is 16.9 Å². The molecule has 0 atom stereocenters. The van der Waals surface area contributed by atoms with Crippen LogP contribution in [0.3, 0.4) is 0 Å². The fraction of sp³-hybridized carbons (Fsp3) is 0.0667. The summed E-state index contributed by atoms with van der Waals surface area (Å²) >= 11 is 0. The first-order chi connectivity index (χ1) is 8.78.